The zero-order valence-electron chi connectivity index (χ0n) is 10.3. The van der Waals surface area contributed by atoms with Gasteiger partial charge in [0.15, 0.2) is 0 Å². The zero-order valence-corrected chi connectivity index (χ0v) is 11.9. The Morgan fingerprint density at radius 1 is 1.20 bits per heavy atom. The van der Waals surface area contributed by atoms with Gasteiger partial charge in [-0.2, -0.15) is 0 Å². The van der Waals surface area contributed by atoms with E-state index in [-0.39, 0.29) is 11.7 Å². The molecule has 2 aromatic carbocycles. The van der Waals surface area contributed by atoms with Gasteiger partial charge in [-0.05, 0) is 46.3 Å². The van der Waals surface area contributed by atoms with Crippen molar-refractivity contribution in [1.29, 1.82) is 0 Å². The molecule has 100 valence electrons. The lowest BCUT2D eigenvalue weighted by atomic mass is 10.1. The molecule has 0 saturated carbocycles. The minimum absolute atomic E-state index is 0.241. The third-order valence-corrected chi connectivity index (χ3v) is 3.70. The molecule has 0 saturated heterocycles. The maximum atomic E-state index is 13.1. The molecule has 3 rings (SSSR count). The molecule has 3 nitrogen and oxygen atoms in total. The highest BCUT2D eigenvalue weighted by atomic mass is 79.9. The van der Waals surface area contributed by atoms with Crippen molar-refractivity contribution in [1.82, 2.24) is 4.98 Å². The predicted molar refractivity (Wildman–Crippen MR) is 80.4 cm³/mol. The van der Waals surface area contributed by atoms with Crippen molar-refractivity contribution in [2.75, 3.05) is 5.32 Å². The lowest BCUT2D eigenvalue weighted by Crippen LogP contribution is -2.11. The first-order valence-corrected chi connectivity index (χ1v) is 6.77. The Kier molecular flexibility index (Phi) is 3.28. The van der Waals surface area contributed by atoms with Crippen LogP contribution in [0, 0.1) is 5.82 Å². The van der Waals surface area contributed by atoms with Gasteiger partial charge >= 0.3 is 0 Å². The van der Waals surface area contributed by atoms with Gasteiger partial charge in [-0.25, -0.2) is 4.39 Å². The van der Waals surface area contributed by atoms with Crippen LogP contribution in [0.4, 0.5) is 10.1 Å². The zero-order chi connectivity index (χ0) is 14.1. The minimum atomic E-state index is -0.336. The van der Waals surface area contributed by atoms with Crippen LogP contribution in [0.3, 0.4) is 0 Å². The third-order valence-electron chi connectivity index (χ3n) is 3.01. The van der Waals surface area contributed by atoms with Gasteiger partial charge in [-0.1, -0.05) is 12.1 Å². The normalized spacial score (nSPS) is 10.7. The second-order valence-corrected chi connectivity index (χ2v) is 5.18. The van der Waals surface area contributed by atoms with Crippen LogP contribution in [0.5, 0.6) is 0 Å². The number of amides is 1. The lowest BCUT2D eigenvalue weighted by Gasteiger charge is -2.06. The van der Waals surface area contributed by atoms with Gasteiger partial charge in [-0.15, -0.1) is 0 Å². The smallest absolute Gasteiger partial charge is 0.257 e. The van der Waals surface area contributed by atoms with E-state index in [1.54, 1.807) is 18.3 Å². The number of carbonyl (C=O) groups is 1. The topological polar surface area (TPSA) is 44.9 Å². The summed E-state index contributed by atoms with van der Waals surface area (Å²) in [5.41, 5.74) is 1.77. The Hall–Kier alpha value is -2.14. The van der Waals surface area contributed by atoms with Crippen LogP contribution in [-0.4, -0.2) is 10.9 Å². The summed E-state index contributed by atoms with van der Waals surface area (Å²) in [7, 11) is 0. The molecule has 0 atom stereocenters. The van der Waals surface area contributed by atoms with E-state index in [1.165, 1.54) is 12.1 Å². The van der Waals surface area contributed by atoms with Crippen molar-refractivity contribution >= 4 is 38.4 Å². The van der Waals surface area contributed by atoms with E-state index in [9.17, 15) is 9.18 Å². The largest absolute Gasteiger partial charge is 0.360 e. The standard InChI is InChI=1S/C15H10BrFN2O/c16-12-3-1-2-4-13(12)19-15(20)11-8-18-14-7-9(17)5-6-10(11)14/h1-8,18H,(H,19,20). The molecule has 20 heavy (non-hydrogen) atoms. The van der Waals surface area contributed by atoms with Gasteiger partial charge in [0, 0.05) is 21.6 Å². The molecule has 3 aromatic rings. The summed E-state index contributed by atoms with van der Waals surface area (Å²) in [5, 5.41) is 3.51. The van der Waals surface area contributed by atoms with E-state index in [1.807, 2.05) is 18.2 Å². The number of hydrogen-bond acceptors (Lipinski definition) is 1. The molecule has 0 bridgehead atoms. The number of nitrogens with one attached hydrogen (secondary N) is 2. The molecule has 0 aliphatic rings. The number of aromatic nitrogens is 1. The van der Waals surface area contributed by atoms with Crippen molar-refractivity contribution in [2.24, 2.45) is 0 Å². The lowest BCUT2D eigenvalue weighted by molar-refractivity contribution is 0.102. The average Bonchev–Trinajstić information content (AvgIpc) is 2.84. The Balaban J connectivity index is 1.95. The van der Waals surface area contributed by atoms with Crippen molar-refractivity contribution in [3.05, 3.63) is 64.5 Å². The maximum Gasteiger partial charge on any atom is 0.257 e. The highest BCUT2D eigenvalue weighted by Crippen LogP contribution is 2.24. The predicted octanol–water partition coefficient (Wildman–Crippen LogP) is 4.32. The number of aromatic amines is 1. The van der Waals surface area contributed by atoms with E-state index in [2.05, 4.69) is 26.2 Å². The van der Waals surface area contributed by atoms with Crippen LogP contribution < -0.4 is 5.32 Å². The monoisotopic (exact) mass is 332 g/mol. The van der Waals surface area contributed by atoms with Crippen LogP contribution in [-0.2, 0) is 0 Å². The summed E-state index contributed by atoms with van der Waals surface area (Å²) in [4.78, 5) is 15.2. The number of halogens is 2. The molecule has 1 amide bonds. The molecule has 0 aliphatic carbocycles. The molecule has 0 radical (unpaired) electrons. The fraction of sp³-hybridized carbons (Fsp3) is 0. The van der Waals surface area contributed by atoms with Crippen molar-refractivity contribution < 1.29 is 9.18 Å². The number of benzene rings is 2. The quantitative estimate of drug-likeness (QED) is 0.721. The summed E-state index contributed by atoms with van der Waals surface area (Å²) >= 11 is 3.38. The molecule has 0 unspecified atom stereocenters. The summed E-state index contributed by atoms with van der Waals surface area (Å²) in [6.07, 6.45) is 1.58. The summed E-state index contributed by atoms with van der Waals surface area (Å²) in [5.74, 6) is -0.577. The van der Waals surface area contributed by atoms with Gasteiger partial charge < -0.3 is 10.3 Å². The van der Waals surface area contributed by atoms with Crippen molar-refractivity contribution in [3.63, 3.8) is 0 Å². The summed E-state index contributed by atoms with van der Waals surface area (Å²) in [6, 6.07) is 11.7. The maximum absolute atomic E-state index is 13.1. The molecule has 0 fully saturated rings. The van der Waals surface area contributed by atoms with Gasteiger partial charge in [0.2, 0.25) is 0 Å². The first kappa shape index (κ1) is 12.9. The van der Waals surface area contributed by atoms with Gasteiger partial charge in [-0.3, -0.25) is 4.79 Å². The van der Waals surface area contributed by atoms with Crippen molar-refractivity contribution in [3.8, 4) is 0 Å². The van der Waals surface area contributed by atoms with Crippen LogP contribution in [0.25, 0.3) is 10.9 Å². The Labute approximate surface area is 122 Å². The Bertz CT molecular complexity index is 797. The highest BCUT2D eigenvalue weighted by Gasteiger charge is 2.13. The first-order valence-electron chi connectivity index (χ1n) is 5.97. The van der Waals surface area contributed by atoms with E-state index >= 15 is 0 Å². The van der Waals surface area contributed by atoms with E-state index in [0.29, 0.717) is 22.2 Å². The molecule has 1 heterocycles. The fourth-order valence-electron chi connectivity index (χ4n) is 2.04. The molecular formula is C15H10BrFN2O. The van der Waals surface area contributed by atoms with Gasteiger partial charge in [0.05, 0.1) is 11.3 Å². The summed E-state index contributed by atoms with van der Waals surface area (Å²) < 4.78 is 13.9. The van der Waals surface area contributed by atoms with Crippen LogP contribution in [0.1, 0.15) is 10.4 Å². The first-order chi connectivity index (χ1) is 9.65. The second kappa shape index (κ2) is 5.09. The second-order valence-electron chi connectivity index (χ2n) is 4.33. The molecule has 0 spiro atoms. The fourth-order valence-corrected chi connectivity index (χ4v) is 2.42. The van der Waals surface area contributed by atoms with Crippen LogP contribution >= 0.6 is 15.9 Å². The SMILES string of the molecule is O=C(Nc1ccccc1Br)c1c[nH]c2cc(F)ccc12. The highest BCUT2D eigenvalue weighted by molar-refractivity contribution is 9.10. The number of H-pyrrole nitrogens is 1. The number of para-hydroxylation sites is 1. The summed E-state index contributed by atoms with van der Waals surface area (Å²) in [6.45, 7) is 0. The Morgan fingerprint density at radius 3 is 2.80 bits per heavy atom. The van der Waals surface area contributed by atoms with Gasteiger partial charge in [0.1, 0.15) is 5.82 Å². The number of hydrogen-bond donors (Lipinski definition) is 2. The molecule has 0 aliphatic heterocycles. The van der Waals surface area contributed by atoms with E-state index in [0.717, 1.165) is 4.47 Å². The van der Waals surface area contributed by atoms with E-state index < -0.39 is 0 Å². The average molecular weight is 333 g/mol. The van der Waals surface area contributed by atoms with Crippen molar-refractivity contribution in [2.45, 2.75) is 0 Å². The molecular weight excluding hydrogens is 323 g/mol. The van der Waals surface area contributed by atoms with Crippen LogP contribution in [0.15, 0.2) is 53.1 Å². The minimum Gasteiger partial charge on any atom is -0.360 e. The number of rotatable bonds is 2. The van der Waals surface area contributed by atoms with E-state index in [4.69, 9.17) is 0 Å². The van der Waals surface area contributed by atoms with Crippen LogP contribution in [0.2, 0.25) is 0 Å². The number of anilines is 1. The Morgan fingerprint density at radius 2 is 2.00 bits per heavy atom. The number of carbonyl (C=O) groups excluding carboxylic acids is 1. The van der Waals surface area contributed by atoms with Gasteiger partial charge in [0.25, 0.3) is 5.91 Å². The number of fused-ring (bicyclic) bond motifs is 1. The molecule has 5 heteroatoms. The molecule has 2 N–H and O–H groups in total. The molecule has 1 aromatic heterocycles. The third kappa shape index (κ3) is 2.32.